The Morgan fingerprint density at radius 2 is 2.00 bits per heavy atom. The van der Waals surface area contributed by atoms with Crippen LogP contribution in [-0.2, 0) is 16.6 Å². The Bertz CT molecular complexity index is 588. The molecule has 0 saturated heterocycles. The summed E-state index contributed by atoms with van der Waals surface area (Å²) in [5, 5.41) is 8.82. The molecule has 0 unspecified atom stereocenters. The standard InChI is InChI=1S/C13H19ClFNO3S/c1-4-5-13(2,3)16-20(18,19)10-6-9(8-17)12(14)11(15)7-10/h6-7,16-17H,4-5,8H2,1-3H3. The molecular formula is C13H19ClFNO3S. The number of benzene rings is 1. The van der Waals surface area contributed by atoms with E-state index in [2.05, 4.69) is 4.72 Å². The zero-order chi connectivity index (χ0) is 15.6. The summed E-state index contributed by atoms with van der Waals surface area (Å²) >= 11 is 5.65. The van der Waals surface area contributed by atoms with E-state index in [4.69, 9.17) is 16.7 Å². The van der Waals surface area contributed by atoms with E-state index in [0.29, 0.717) is 6.42 Å². The average molecular weight is 324 g/mol. The van der Waals surface area contributed by atoms with Crippen molar-refractivity contribution in [2.45, 2.75) is 50.7 Å². The van der Waals surface area contributed by atoms with Gasteiger partial charge in [-0.3, -0.25) is 0 Å². The van der Waals surface area contributed by atoms with Crippen LogP contribution in [0.3, 0.4) is 0 Å². The Morgan fingerprint density at radius 1 is 1.40 bits per heavy atom. The third-order valence-electron chi connectivity index (χ3n) is 2.84. The molecule has 0 amide bonds. The number of hydrogen-bond donors (Lipinski definition) is 2. The fourth-order valence-corrected chi connectivity index (χ4v) is 3.66. The van der Waals surface area contributed by atoms with Gasteiger partial charge in [-0.05, 0) is 32.4 Å². The summed E-state index contributed by atoms with van der Waals surface area (Å²) in [6.45, 7) is 4.93. The van der Waals surface area contributed by atoms with Gasteiger partial charge >= 0.3 is 0 Å². The van der Waals surface area contributed by atoms with Gasteiger partial charge in [0.25, 0.3) is 0 Å². The van der Waals surface area contributed by atoms with Crippen LogP contribution in [0.25, 0.3) is 0 Å². The van der Waals surface area contributed by atoms with Crippen LogP contribution in [0.5, 0.6) is 0 Å². The molecule has 0 aliphatic heterocycles. The quantitative estimate of drug-likeness (QED) is 0.846. The number of hydrogen-bond acceptors (Lipinski definition) is 3. The molecule has 1 rings (SSSR count). The summed E-state index contributed by atoms with van der Waals surface area (Å²) in [5.41, 5.74) is -0.594. The molecule has 4 nitrogen and oxygen atoms in total. The van der Waals surface area contributed by atoms with Crippen molar-refractivity contribution in [2.75, 3.05) is 0 Å². The van der Waals surface area contributed by atoms with Gasteiger partial charge in [0, 0.05) is 11.1 Å². The smallest absolute Gasteiger partial charge is 0.241 e. The van der Waals surface area contributed by atoms with Gasteiger partial charge < -0.3 is 5.11 Å². The number of rotatable bonds is 6. The lowest BCUT2D eigenvalue weighted by Gasteiger charge is -2.25. The van der Waals surface area contributed by atoms with E-state index in [1.165, 1.54) is 6.07 Å². The van der Waals surface area contributed by atoms with Crippen LogP contribution in [0.15, 0.2) is 17.0 Å². The Kier molecular flexibility index (Phi) is 5.54. The summed E-state index contributed by atoms with van der Waals surface area (Å²) in [6.07, 6.45) is 1.46. The van der Waals surface area contributed by atoms with Crippen molar-refractivity contribution in [3.63, 3.8) is 0 Å². The molecule has 1 aromatic carbocycles. The van der Waals surface area contributed by atoms with Gasteiger partial charge in [-0.15, -0.1) is 0 Å². The van der Waals surface area contributed by atoms with Gasteiger partial charge in [-0.1, -0.05) is 24.9 Å². The third-order valence-corrected chi connectivity index (χ3v) is 4.94. The van der Waals surface area contributed by atoms with Crippen molar-refractivity contribution in [2.24, 2.45) is 0 Å². The van der Waals surface area contributed by atoms with Gasteiger partial charge in [-0.2, -0.15) is 0 Å². The Morgan fingerprint density at radius 3 is 2.50 bits per heavy atom. The molecule has 0 spiro atoms. The molecule has 20 heavy (non-hydrogen) atoms. The monoisotopic (exact) mass is 323 g/mol. The molecule has 0 bridgehead atoms. The van der Waals surface area contributed by atoms with Crippen LogP contribution in [0.1, 0.15) is 39.2 Å². The van der Waals surface area contributed by atoms with Gasteiger partial charge in [0.2, 0.25) is 10.0 Å². The SMILES string of the molecule is CCCC(C)(C)NS(=O)(=O)c1cc(F)c(Cl)c(CO)c1. The van der Waals surface area contributed by atoms with E-state index in [-0.39, 0.29) is 15.5 Å². The van der Waals surface area contributed by atoms with Crippen molar-refractivity contribution in [1.29, 1.82) is 0 Å². The van der Waals surface area contributed by atoms with Crippen LogP contribution in [-0.4, -0.2) is 19.1 Å². The van der Waals surface area contributed by atoms with E-state index < -0.39 is 28.0 Å². The Labute approximate surface area is 124 Å². The molecule has 0 saturated carbocycles. The van der Waals surface area contributed by atoms with Crippen molar-refractivity contribution in [3.05, 3.63) is 28.5 Å². The zero-order valence-corrected chi connectivity index (χ0v) is 13.3. The fraction of sp³-hybridized carbons (Fsp3) is 0.538. The largest absolute Gasteiger partial charge is 0.392 e. The molecule has 2 N–H and O–H groups in total. The molecule has 0 atom stereocenters. The van der Waals surface area contributed by atoms with E-state index in [9.17, 15) is 12.8 Å². The van der Waals surface area contributed by atoms with Gasteiger partial charge in [0.1, 0.15) is 5.82 Å². The highest BCUT2D eigenvalue weighted by Crippen LogP contribution is 2.25. The molecule has 0 aromatic heterocycles. The van der Waals surface area contributed by atoms with Crippen LogP contribution >= 0.6 is 11.6 Å². The molecule has 1 aromatic rings. The summed E-state index contributed by atoms with van der Waals surface area (Å²) in [4.78, 5) is -0.243. The fourth-order valence-electron chi connectivity index (χ4n) is 1.99. The predicted molar refractivity (Wildman–Crippen MR) is 76.6 cm³/mol. The van der Waals surface area contributed by atoms with Crippen LogP contribution in [0.4, 0.5) is 4.39 Å². The van der Waals surface area contributed by atoms with Crippen molar-refractivity contribution in [1.82, 2.24) is 4.72 Å². The van der Waals surface area contributed by atoms with E-state index >= 15 is 0 Å². The molecule has 0 radical (unpaired) electrons. The van der Waals surface area contributed by atoms with Crippen LogP contribution < -0.4 is 4.72 Å². The number of aliphatic hydroxyl groups excluding tert-OH is 1. The lowest BCUT2D eigenvalue weighted by Crippen LogP contribution is -2.43. The van der Waals surface area contributed by atoms with Gasteiger partial charge in [0.05, 0.1) is 16.5 Å². The highest BCUT2D eigenvalue weighted by atomic mass is 35.5. The Hall–Kier alpha value is -0.690. The molecular weight excluding hydrogens is 305 g/mol. The number of halogens is 2. The van der Waals surface area contributed by atoms with Crippen molar-refractivity contribution in [3.8, 4) is 0 Å². The first-order valence-electron chi connectivity index (χ1n) is 6.25. The number of sulfonamides is 1. The number of aliphatic hydroxyl groups is 1. The minimum absolute atomic E-state index is 0.0420. The first-order chi connectivity index (χ1) is 9.13. The topological polar surface area (TPSA) is 66.4 Å². The predicted octanol–water partition coefficient (Wildman–Crippen LogP) is 2.83. The van der Waals surface area contributed by atoms with Crippen molar-refractivity contribution >= 4 is 21.6 Å². The summed E-state index contributed by atoms with van der Waals surface area (Å²) < 4.78 is 40.6. The molecule has 7 heteroatoms. The van der Waals surface area contributed by atoms with E-state index in [1.807, 2.05) is 6.92 Å². The maximum absolute atomic E-state index is 13.6. The maximum atomic E-state index is 13.6. The minimum Gasteiger partial charge on any atom is -0.392 e. The zero-order valence-electron chi connectivity index (χ0n) is 11.7. The first-order valence-corrected chi connectivity index (χ1v) is 8.12. The molecule has 0 aliphatic rings. The number of nitrogens with one attached hydrogen (secondary N) is 1. The van der Waals surface area contributed by atoms with Crippen molar-refractivity contribution < 1.29 is 17.9 Å². The highest BCUT2D eigenvalue weighted by molar-refractivity contribution is 7.89. The molecule has 0 heterocycles. The Balaban J connectivity index is 3.20. The maximum Gasteiger partial charge on any atom is 0.241 e. The molecule has 114 valence electrons. The molecule has 0 fully saturated rings. The van der Waals surface area contributed by atoms with Crippen LogP contribution in [0.2, 0.25) is 5.02 Å². The van der Waals surface area contributed by atoms with E-state index in [1.54, 1.807) is 13.8 Å². The van der Waals surface area contributed by atoms with Crippen LogP contribution in [0, 0.1) is 5.82 Å². The minimum atomic E-state index is -3.87. The lowest BCUT2D eigenvalue weighted by atomic mass is 10.0. The lowest BCUT2D eigenvalue weighted by molar-refractivity contribution is 0.281. The van der Waals surface area contributed by atoms with Gasteiger partial charge in [-0.25, -0.2) is 17.5 Å². The summed E-state index contributed by atoms with van der Waals surface area (Å²) in [6, 6.07) is 2.03. The average Bonchev–Trinajstić information content (AvgIpc) is 2.30. The second kappa shape index (κ2) is 6.39. The summed E-state index contributed by atoms with van der Waals surface area (Å²) in [7, 11) is -3.87. The van der Waals surface area contributed by atoms with Gasteiger partial charge in [0.15, 0.2) is 0 Å². The second-order valence-electron chi connectivity index (χ2n) is 5.28. The van der Waals surface area contributed by atoms with E-state index in [0.717, 1.165) is 12.5 Å². The summed E-state index contributed by atoms with van der Waals surface area (Å²) in [5.74, 6) is -0.869. The first kappa shape index (κ1) is 17.4. The third kappa shape index (κ3) is 4.15. The second-order valence-corrected chi connectivity index (χ2v) is 7.34. The normalized spacial score (nSPS) is 12.7. The molecule has 0 aliphatic carbocycles. The highest BCUT2D eigenvalue weighted by Gasteiger charge is 2.26.